The third-order valence-electron chi connectivity index (χ3n) is 4.60. The maximum Gasteiger partial charge on any atom is 0.253 e. The van der Waals surface area contributed by atoms with Crippen LogP contribution in [-0.4, -0.2) is 40.6 Å². The van der Waals surface area contributed by atoms with Gasteiger partial charge in [0.2, 0.25) is 0 Å². The molecule has 1 fully saturated rings. The van der Waals surface area contributed by atoms with Crippen LogP contribution in [0, 0.1) is 11.8 Å². The predicted octanol–water partition coefficient (Wildman–Crippen LogP) is 2.15. The average molecular weight is 314 g/mol. The third kappa shape index (κ3) is 4.57. The maximum atomic E-state index is 12.4. The minimum Gasteiger partial charge on any atom is -0.393 e. The summed E-state index contributed by atoms with van der Waals surface area (Å²) in [6, 6.07) is 7.36. The lowest BCUT2D eigenvalue weighted by molar-refractivity contribution is 0.0546. The van der Waals surface area contributed by atoms with Crippen LogP contribution in [0.1, 0.15) is 55.5 Å². The Bertz CT molecular complexity index is 586. The molecular weight excluding hydrogens is 288 g/mol. The van der Waals surface area contributed by atoms with Gasteiger partial charge in [-0.3, -0.25) is 4.79 Å². The molecule has 0 spiro atoms. The number of benzene rings is 1. The fourth-order valence-electron chi connectivity index (χ4n) is 2.57. The van der Waals surface area contributed by atoms with Gasteiger partial charge in [0.1, 0.15) is 0 Å². The van der Waals surface area contributed by atoms with Crippen molar-refractivity contribution in [1.29, 1.82) is 0 Å². The number of carbonyl (C=O) groups excluding carboxylic acids is 1. The van der Waals surface area contributed by atoms with E-state index in [0.717, 1.165) is 18.4 Å². The molecule has 1 aliphatic rings. The van der Waals surface area contributed by atoms with Gasteiger partial charge in [-0.05, 0) is 49.9 Å². The summed E-state index contributed by atoms with van der Waals surface area (Å²) in [6.45, 7) is 5.31. The molecular formula is C19H26N2O2. The van der Waals surface area contributed by atoms with Crippen LogP contribution < -0.4 is 5.73 Å². The Kier molecular flexibility index (Phi) is 5.81. The fourth-order valence-corrected chi connectivity index (χ4v) is 2.57. The number of piperidine rings is 1. The molecule has 1 heterocycles. The second-order valence-corrected chi connectivity index (χ2v) is 6.21. The van der Waals surface area contributed by atoms with Crippen molar-refractivity contribution in [2.45, 2.75) is 51.2 Å². The third-order valence-corrected chi connectivity index (χ3v) is 4.60. The standard InChI is InChI=1S/C19H26N2O2/c1-3-19(20,4-2)12-9-15-5-7-16(8-6-15)18(23)21-13-10-17(22)11-14-21/h5-8,17,22H,3-4,10-11,13-14,20H2,1-2H3. The maximum absolute atomic E-state index is 12.4. The van der Waals surface area contributed by atoms with Crippen LogP contribution in [-0.2, 0) is 0 Å². The summed E-state index contributed by atoms with van der Waals surface area (Å²) in [4.78, 5) is 14.2. The number of hydrogen-bond acceptors (Lipinski definition) is 3. The smallest absolute Gasteiger partial charge is 0.253 e. The van der Waals surface area contributed by atoms with Crippen molar-refractivity contribution >= 4 is 5.91 Å². The van der Waals surface area contributed by atoms with Gasteiger partial charge in [-0.25, -0.2) is 0 Å². The Balaban J connectivity index is 2.05. The highest BCUT2D eigenvalue weighted by molar-refractivity contribution is 5.94. The summed E-state index contributed by atoms with van der Waals surface area (Å²) >= 11 is 0. The Morgan fingerprint density at radius 2 is 1.83 bits per heavy atom. The quantitative estimate of drug-likeness (QED) is 0.840. The molecule has 0 aromatic heterocycles. The summed E-state index contributed by atoms with van der Waals surface area (Å²) in [5, 5.41) is 9.52. The van der Waals surface area contributed by atoms with Crippen LogP contribution in [0.25, 0.3) is 0 Å². The molecule has 2 rings (SSSR count). The molecule has 4 nitrogen and oxygen atoms in total. The molecule has 1 saturated heterocycles. The lowest BCUT2D eigenvalue weighted by Gasteiger charge is -2.29. The first-order valence-electron chi connectivity index (χ1n) is 8.37. The highest BCUT2D eigenvalue weighted by Gasteiger charge is 2.22. The molecule has 124 valence electrons. The summed E-state index contributed by atoms with van der Waals surface area (Å²) < 4.78 is 0. The fraction of sp³-hybridized carbons (Fsp3) is 0.526. The van der Waals surface area contributed by atoms with Crippen LogP contribution in [0.4, 0.5) is 0 Å². The van der Waals surface area contributed by atoms with E-state index in [-0.39, 0.29) is 12.0 Å². The van der Waals surface area contributed by atoms with Gasteiger partial charge in [0.05, 0.1) is 11.6 Å². The van der Waals surface area contributed by atoms with E-state index in [1.54, 1.807) is 4.90 Å². The second-order valence-electron chi connectivity index (χ2n) is 6.21. The zero-order valence-corrected chi connectivity index (χ0v) is 14.0. The van der Waals surface area contributed by atoms with E-state index < -0.39 is 5.54 Å². The SMILES string of the molecule is CCC(N)(C#Cc1ccc(C(=O)N2CCC(O)CC2)cc1)CC. The van der Waals surface area contributed by atoms with Crippen LogP contribution >= 0.6 is 0 Å². The van der Waals surface area contributed by atoms with E-state index in [1.807, 2.05) is 38.1 Å². The zero-order valence-electron chi connectivity index (χ0n) is 14.0. The number of aliphatic hydroxyl groups is 1. The van der Waals surface area contributed by atoms with Crippen molar-refractivity contribution in [3.63, 3.8) is 0 Å². The number of likely N-dealkylation sites (tertiary alicyclic amines) is 1. The molecule has 1 aromatic rings. The number of nitrogens with two attached hydrogens (primary N) is 1. The molecule has 0 radical (unpaired) electrons. The van der Waals surface area contributed by atoms with E-state index in [4.69, 9.17) is 5.73 Å². The Labute approximate surface area is 138 Å². The van der Waals surface area contributed by atoms with E-state index >= 15 is 0 Å². The van der Waals surface area contributed by atoms with E-state index in [2.05, 4.69) is 11.8 Å². The van der Waals surface area contributed by atoms with E-state index in [1.165, 1.54) is 0 Å². The van der Waals surface area contributed by atoms with E-state index in [0.29, 0.717) is 31.5 Å². The number of hydrogen-bond donors (Lipinski definition) is 2. The Morgan fingerprint density at radius 3 is 2.35 bits per heavy atom. The first kappa shape index (κ1) is 17.5. The van der Waals surface area contributed by atoms with Gasteiger partial charge < -0.3 is 15.7 Å². The van der Waals surface area contributed by atoms with Crippen LogP contribution in [0.2, 0.25) is 0 Å². The largest absolute Gasteiger partial charge is 0.393 e. The molecule has 0 atom stereocenters. The summed E-state index contributed by atoms with van der Waals surface area (Å²) in [7, 11) is 0. The molecule has 1 aliphatic heterocycles. The molecule has 1 amide bonds. The molecule has 0 bridgehead atoms. The van der Waals surface area contributed by atoms with Crippen LogP contribution in [0.15, 0.2) is 24.3 Å². The molecule has 4 heteroatoms. The highest BCUT2D eigenvalue weighted by atomic mass is 16.3. The normalized spacial score (nSPS) is 15.9. The molecule has 23 heavy (non-hydrogen) atoms. The van der Waals surface area contributed by atoms with Gasteiger partial charge in [0, 0.05) is 24.2 Å². The average Bonchev–Trinajstić information content (AvgIpc) is 2.60. The van der Waals surface area contributed by atoms with Crippen molar-refractivity contribution in [3.8, 4) is 11.8 Å². The highest BCUT2D eigenvalue weighted by Crippen LogP contribution is 2.15. The molecule has 3 N–H and O–H groups in total. The monoisotopic (exact) mass is 314 g/mol. The first-order valence-corrected chi connectivity index (χ1v) is 8.37. The Hall–Kier alpha value is -1.83. The van der Waals surface area contributed by atoms with Gasteiger partial charge in [-0.2, -0.15) is 0 Å². The van der Waals surface area contributed by atoms with Crippen molar-refractivity contribution in [3.05, 3.63) is 35.4 Å². The number of amides is 1. The zero-order chi connectivity index (χ0) is 16.9. The predicted molar refractivity (Wildman–Crippen MR) is 92.0 cm³/mol. The van der Waals surface area contributed by atoms with Gasteiger partial charge in [0.15, 0.2) is 0 Å². The van der Waals surface area contributed by atoms with Crippen molar-refractivity contribution < 1.29 is 9.90 Å². The minimum atomic E-state index is -0.441. The van der Waals surface area contributed by atoms with Gasteiger partial charge in [0.25, 0.3) is 5.91 Å². The molecule has 0 saturated carbocycles. The number of nitrogens with zero attached hydrogens (tertiary/aromatic N) is 1. The topological polar surface area (TPSA) is 66.6 Å². The molecule has 0 aliphatic carbocycles. The minimum absolute atomic E-state index is 0.0201. The first-order chi connectivity index (χ1) is 11.0. The van der Waals surface area contributed by atoms with Gasteiger partial charge in [-0.1, -0.05) is 25.7 Å². The summed E-state index contributed by atoms with van der Waals surface area (Å²) in [5.41, 5.74) is 7.27. The van der Waals surface area contributed by atoms with Crippen LogP contribution in [0.5, 0.6) is 0 Å². The van der Waals surface area contributed by atoms with Crippen LogP contribution in [0.3, 0.4) is 0 Å². The summed E-state index contributed by atoms with van der Waals surface area (Å²) in [5.74, 6) is 6.26. The molecule has 1 aromatic carbocycles. The van der Waals surface area contributed by atoms with Crippen molar-refractivity contribution in [2.75, 3.05) is 13.1 Å². The Morgan fingerprint density at radius 1 is 1.26 bits per heavy atom. The van der Waals surface area contributed by atoms with E-state index in [9.17, 15) is 9.90 Å². The van der Waals surface area contributed by atoms with Gasteiger partial charge >= 0.3 is 0 Å². The molecule has 0 unspecified atom stereocenters. The number of carbonyl (C=O) groups is 1. The van der Waals surface area contributed by atoms with Crippen molar-refractivity contribution in [1.82, 2.24) is 4.90 Å². The lowest BCUT2D eigenvalue weighted by atomic mass is 9.94. The lowest BCUT2D eigenvalue weighted by Crippen LogP contribution is -2.40. The number of aliphatic hydroxyl groups excluding tert-OH is 1. The van der Waals surface area contributed by atoms with Crippen molar-refractivity contribution in [2.24, 2.45) is 5.73 Å². The van der Waals surface area contributed by atoms with Gasteiger partial charge in [-0.15, -0.1) is 0 Å². The summed E-state index contributed by atoms with van der Waals surface area (Å²) in [6.07, 6.45) is 2.66. The second kappa shape index (κ2) is 7.63. The number of rotatable bonds is 3.